The number of aliphatic hydroxyl groups is 1. The Labute approximate surface area is 105 Å². The van der Waals surface area contributed by atoms with Gasteiger partial charge < -0.3 is 10.4 Å². The van der Waals surface area contributed by atoms with Crippen LogP contribution in [0.3, 0.4) is 0 Å². The summed E-state index contributed by atoms with van der Waals surface area (Å²) < 4.78 is 0. The van der Waals surface area contributed by atoms with E-state index in [4.69, 9.17) is 0 Å². The number of nitro groups is 1. The van der Waals surface area contributed by atoms with Crippen molar-refractivity contribution in [3.63, 3.8) is 0 Å². The molecule has 6 heteroatoms. The highest BCUT2D eigenvalue weighted by Gasteiger charge is 2.17. The lowest BCUT2D eigenvalue weighted by atomic mass is 10.1. The van der Waals surface area contributed by atoms with Crippen molar-refractivity contribution < 1.29 is 14.8 Å². The molecule has 2 N–H and O–H groups in total. The zero-order valence-electron chi connectivity index (χ0n) is 10.6. The van der Waals surface area contributed by atoms with Gasteiger partial charge >= 0.3 is 0 Å². The fourth-order valence-electron chi connectivity index (χ4n) is 1.40. The first-order valence-corrected chi connectivity index (χ1v) is 5.46. The summed E-state index contributed by atoms with van der Waals surface area (Å²) in [6.45, 7) is 4.84. The van der Waals surface area contributed by atoms with Gasteiger partial charge in [-0.05, 0) is 32.9 Å². The van der Waals surface area contributed by atoms with E-state index < -0.39 is 10.5 Å². The van der Waals surface area contributed by atoms with Crippen LogP contribution in [0.4, 0.5) is 5.69 Å². The van der Waals surface area contributed by atoms with Crippen molar-refractivity contribution in [1.29, 1.82) is 0 Å². The first kappa shape index (κ1) is 14.1. The van der Waals surface area contributed by atoms with Crippen LogP contribution in [0.15, 0.2) is 18.2 Å². The molecule has 0 unspecified atom stereocenters. The van der Waals surface area contributed by atoms with E-state index in [2.05, 4.69) is 5.32 Å². The number of nitro benzene ring substituents is 1. The van der Waals surface area contributed by atoms with Crippen LogP contribution in [0.5, 0.6) is 0 Å². The maximum absolute atomic E-state index is 11.7. The van der Waals surface area contributed by atoms with Crippen molar-refractivity contribution in [3.05, 3.63) is 39.4 Å². The number of nitrogens with zero attached hydrogens (tertiary/aromatic N) is 1. The smallest absolute Gasteiger partial charge is 0.272 e. The lowest BCUT2D eigenvalue weighted by Crippen LogP contribution is -2.38. The van der Waals surface area contributed by atoms with Gasteiger partial charge in [0.2, 0.25) is 0 Å². The van der Waals surface area contributed by atoms with Gasteiger partial charge in [-0.25, -0.2) is 0 Å². The molecule has 0 aromatic heterocycles. The number of hydrogen-bond acceptors (Lipinski definition) is 4. The predicted molar refractivity (Wildman–Crippen MR) is 66.5 cm³/mol. The van der Waals surface area contributed by atoms with E-state index >= 15 is 0 Å². The minimum absolute atomic E-state index is 0.0194. The third kappa shape index (κ3) is 3.81. The molecule has 1 amide bonds. The third-order valence-electron chi connectivity index (χ3n) is 2.34. The molecule has 18 heavy (non-hydrogen) atoms. The van der Waals surface area contributed by atoms with Gasteiger partial charge in [0.25, 0.3) is 11.6 Å². The monoisotopic (exact) mass is 252 g/mol. The van der Waals surface area contributed by atoms with Gasteiger partial charge in [0.15, 0.2) is 0 Å². The lowest BCUT2D eigenvalue weighted by Gasteiger charge is -2.17. The van der Waals surface area contributed by atoms with E-state index in [-0.39, 0.29) is 18.1 Å². The fraction of sp³-hybridized carbons (Fsp3) is 0.417. The van der Waals surface area contributed by atoms with Gasteiger partial charge in [0.1, 0.15) is 0 Å². The molecular weight excluding hydrogens is 236 g/mol. The fourth-order valence-corrected chi connectivity index (χ4v) is 1.40. The molecule has 0 aliphatic rings. The SMILES string of the molecule is Cc1cc(C(=O)NCC(C)(C)O)ccc1[N+](=O)[O-]. The average Bonchev–Trinajstić information content (AvgIpc) is 2.24. The first-order chi connectivity index (χ1) is 8.20. The van der Waals surface area contributed by atoms with E-state index in [0.29, 0.717) is 11.1 Å². The normalized spacial score (nSPS) is 11.1. The summed E-state index contributed by atoms with van der Waals surface area (Å²) in [5.74, 6) is -0.366. The molecule has 0 aliphatic carbocycles. The van der Waals surface area contributed by atoms with E-state index in [1.54, 1.807) is 20.8 Å². The Morgan fingerprint density at radius 1 is 1.50 bits per heavy atom. The van der Waals surface area contributed by atoms with Gasteiger partial charge in [-0.3, -0.25) is 14.9 Å². The third-order valence-corrected chi connectivity index (χ3v) is 2.34. The summed E-state index contributed by atoms with van der Waals surface area (Å²) in [4.78, 5) is 21.9. The lowest BCUT2D eigenvalue weighted by molar-refractivity contribution is -0.385. The molecule has 0 saturated carbocycles. The molecule has 0 bridgehead atoms. The zero-order chi connectivity index (χ0) is 13.9. The second kappa shape index (κ2) is 5.14. The van der Waals surface area contributed by atoms with Crippen LogP contribution in [-0.4, -0.2) is 28.1 Å². The largest absolute Gasteiger partial charge is 0.389 e. The van der Waals surface area contributed by atoms with Crippen LogP contribution in [0.25, 0.3) is 0 Å². The summed E-state index contributed by atoms with van der Waals surface area (Å²) in [6.07, 6.45) is 0. The molecule has 98 valence electrons. The molecule has 0 atom stereocenters. The molecule has 1 aromatic rings. The molecular formula is C12H16N2O4. The number of aryl methyl sites for hydroxylation is 1. The summed E-state index contributed by atoms with van der Waals surface area (Å²) in [7, 11) is 0. The van der Waals surface area contributed by atoms with Gasteiger partial charge in [-0.1, -0.05) is 0 Å². The van der Waals surface area contributed by atoms with Crippen molar-refractivity contribution in [1.82, 2.24) is 5.32 Å². The summed E-state index contributed by atoms with van der Waals surface area (Å²) in [6, 6.07) is 4.15. The Kier molecular flexibility index (Phi) is 4.03. The Morgan fingerprint density at radius 3 is 2.56 bits per heavy atom. The molecule has 6 nitrogen and oxygen atoms in total. The topological polar surface area (TPSA) is 92.5 Å². The zero-order valence-corrected chi connectivity index (χ0v) is 10.6. The highest BCUT2D eigenvalue weighted by atomic mass is 16.6. The van der Waals surface area contributed by atoms with Crippen LogP contribution in [0, 0.1) is 17.0 Å². The van der Waals surface area contributed by atoms with Gasteiger partial charge in [0, 0.05) is 23.7 Å². The minimum atomic E-state index is -0.995. The second-order valence-corrected chi connectivity index (χ2v) is 4.75. The number of rotatable bonds is 4. The number of nitrogens with one attached hydrogen (secondary N) is 1. The van der Waals surface area contributed by atoms with Crippen molar-refractivity contribution in [2.45, 2.75) is 26.4 Å². The van der Waals surface area contributed by atoms with E-state index in [1.807, 2.05) is 0 Å². The summed E-state index contributed by atoms with van der Waals surface area (Å²) in [5, 5.41) is 22.7. The maximum atomic E-state index is 11.7. The quantitative estimate of drug-likeness (QED) is 0.625. The standard InChI is InChI=1S/C12H16N2O4/c1-8-6-9(4-5-10(8)14(17)18)11(15)13-7-12(2,3)16/h4-6,16H,7H2,1-3H3,(H,13,15). The molecule has 0 heterocycles. The van der Waals surface area contributed by atoms with Crippen LogP contribution in [0.2, 0.25) is 0 Å². The van der Waals surface area contributed by atoms with Gasteiger partial charge in [0.05, 0.1) is 10.5 Å². The second-order valence-electron chi connectivity index (χ2n) is 4.75. The highest BCUT2D eigenvalue weighted by molar-refractivity contribution is 5.94. The Balaban J connectivity index is 2.82. The Morgan fingerprint density at radius 2 is 2.11 bits per heavy atom. The Hall–Kier alpha value is -1.95. The van der Waals surface area contributed by atoms with Crippen LogP contribution in [-0.2, 0) is 0 Å². The van der Waals surface area contributed by atoms with Crippen molar-refractivity contribution in [2.75, 3.05) is 6.54 Å². The minimum Gasteiger partial charge on any atom is -0.389 e. The van der Waals surface area contributed by atoms with Crippen LogP contribution < -0.4 is 5.32 Å². The van der Waals surface area contributed by atoms with E-state index in [0.717, 1.165) is 0 Å². The molecule has 0 fully saturated rings. The average molecular weight is 252 g/mol. The van der Waals surface area contributed by atoms with Crippen LogP contribution >= 0.6 is 0 Å². The summed E-state index contributed by atoms with van der Waals surface area (Å²) in [5.41, 5.74) is -0.252. The number of carbonyl (C=O) groups is 1. The predicted octanol–water partition coefficient (Wildman–Crippen LogP) is 1.40. The van der Waals surface area contributed by atoms with Crippen molar-refractivity contribution in [3.8, 4) is 0 Å². The van der Waals surface area contributed by atoms with E-state index in [9.17, 15) is 20.0 Å². The Bertz CT molecular complexity index is 477. The van der Waals surface area contributed by atoms with Gasteiger partial charge in [-0.2, -0.15) is 0 Å². The molecule has 0 aliphatic heterocycles. The molecule has 0 spiro atoms. The maximum Gasteiger partial charge on any atom is 0.272 e. The molecule has 1 aromatic carbocycles. The van der Waals surface area contributed by atoms with Crippen molar-refractivity contribution >= 4 is 11.6 Å². The highest BCUT2D eigenvalue weighted by Crippen LogP contribution is 2.18. The number of carbonyl (C=O) groups excluding carboxylic acids is 1. The number of hydrogen-bond donors (Lipinski definition) is 2. The van der Waals surface area contributed by atoms with Gasteiger partial charge in [-0.15, -0.1) is 0 Å². The molecule has 0 radical (unpaired) electrons. The van der Waals surface area contributed by atoms with Crippen molar-refractivity contribution in [2.24, 2.45) is 0 Å². The van der Waals surface area contributed by atoms with E-state index in [1.165, 1.54) is 18.2 Å². The number of benzene rings is 1. The molecule has 0 saturated heterocycles. The number of amides is 1. The summed E-state index contributed by atoms with van der Waals surface area (Å²) >= 11 is 0. The van der Waals surface area contributed by atoms with Crippen LogP contribution in [0.1, 0.15) is 29.8 Å². The molecule has 1 rings (SSSR count). The first-order valence-electron chi connectivity index (χ1n) is 5.46.